The molecule has 1 aliphatic rings. The van der Waals surface area contributed by atoms with Crippen LogP contribution >= 0.6 is 0 Å². The summed E-state index contributed by atoms with van der Waals surface area (Å²) in [5, 5.41) is 14.8. The lowest BCUT2D eigenvalue weighted by Crippen LogP contribution is -2.23. The van der Waals surface area contributed by atoms with E-state index in [2.05, 4.69) is 22.2 Å². The first-order valence-corrected chi connectivity index (χ1v) is 12.7. The topological polar surface area (TPSA) is 128 Å². The summed E-state index contributed by atoms with van der Waals surface area (Å²) >= 11 is 0. The molecule has 0 saturated heterocycles. The SMILES string of the molecule is Cc1c(NS(=O)(=O)c2ccc(NCC3CC=CCC3)c([N+](=O)[O-])c2)c(=O)n(-c2ccccc2)n1C. The Labute approximate surface area is 203 Å². The van der Waals surface area contributed by atoms with E-state index in [0.717, 1.165) is 25.3 Å². The number of nitro benzene ring substituents is 1. The highest BCUT2D eigenvalue weighted by atomic mass is 32.2. The molecule has 1 atom stereocenters. The fourth-order valence-electron chi connectivity index (χ4n) is 4.15. The first-order valence-electron chi connectivity index (χ1n) is 11.2. The lowest BCUT2D eigenvalue weighted by Gasteiger charge is -2.19. The molecule has 4 rings (SSSR count). The fourth-order valence-corrected chi connectivity index (χ4v) is 5.29. The van der Waals surface area contributed by atoms with Crippen LogP contribution in [0.4, 0.5) is 17.1 Å². The highest BCUT2D eigenvalue weighted by Gasteiger charge is 2.26. The molecule has 0 saturated carbocycles. The van der Waals surface area contributed by atoms with Crippen LogP contribution in [-0.4, -0.2) is 29.2 Å². The number of allylic oxidation sites excluding steroid dienone is 2. The van der Waals surface area contributed by atoms with Crippen molar-refractivity contribution in [2.45, 2.75) is 31.1 Å². The Bertz CT molecular complexity index is 1440. The Morgan fingerprint density at radius 2 is 1.89 bits per heavy atom. The standard InChI is InChI=1S/C24H27N5O5S/c1-17-23(24(30)28(27(17)2)19-11-7-4-8-12-19)26-35(33,34)20-13-14-21(22(15-20)29(31)32)25-16-18-9-5-3-6-10-18/h3-5,7-8,11-15,18,25-26H,6,9-10,16H2,1-2H3. The minimum absolute atomic E-state index is 0.119. The molecule has 2 aromatic carbocycles. The van der Waals surface area contributed by atoms with Crippen LogP contribution < -0.4 is 15.6 Å². The summed E-state index contributed by atoms with van der Waals surface area (Å²) in [4.78, 5) is 23.9. The first-order chi connectivity index (χ1) is 16.7. The zero-order chi connectivity index (χ0) is 25.2. The number of hydrogen-bond acceptors (Lipinski definition) is 6. The van der Waals surface area contributed by atoms with Crippen LogP contribution in [0.25, 0.3) is 5.69 Å². The van der Waals surface area contributed by atoms with Gasteiger partial charge in [-0.25, -0.2) is 13.1 Å². The molecule has 11 heteroatoms. The molecule has 1 aromatic heterocycles. The second-order valence-corrected chi connectivity index (χ2v) is 10.2. The van der Waals surface area contributed by atoms with E-state index < -0.39 is 20.5 Å². The van der Waals surface area contributed by atoms with E-state index in [9.17, 15) is 23.3 Å². The summed E-state index contributed by atoms with van der Waals surface area (Å²) in [6.07, 6.45) is 7.08. The van der Waals surface area contributed by atoms with Gasteiger partial charge in [0.1, 0.15) is 11.4 Å². The number of nitro groups is 1. The summed E-state index contributed by atoms with van der Waals surface area (Å²) < 4.78 is 31.5. The van der Waals surface area contributed by atoms with Gasteiger partial charge in [0.2, 0.25) is 0 Å². The predicted molar refractivity (Wildman–Crippen MR) is 135 cm³/mol. The predicted octanol–water partition coefficient (Wildman–Crippen LogP) is 3.96. The molecule has 2 N–H and O–H groups in total. The van der Waals surface area contributed by atoms with Crippen molar-refractivity contribution < 1.29 is 13.3 Å². The lowest BCUT2D eigenvalue weighted by molar-refractivity contribution is -0.384. The van der Waals surface area contributed by atoms with Crippen molar-refractivity contribution in [3.8, 4) is 5.69 Å². The molecule has 184 valence electrons. The number of nitrogens with zero attached hydrogens (tertiary/aromatic N) is 3. The number of benzene rings is 2. The third-order valence-corrected chi connectivity index (χ3v) is 7.57. The summed E-state index contributed by atoms with van der Waals surface area (Å²) in [5.74, 6) is 0.359. The average molecular weight is 498 g/mol. The van der Waals surface area contributed by atoms with Crippen molar-refractivity contribution in [1.29, 1.82) is 0 Å². The molecule has 1 aliphatic carbocycles. The van der Waals surface area contributed by atoms with E-state index >= 15 is 0 Å². The Kier molecular flexibility index (Phi) is 6.79. The Balaban J connectivity index is 1.63. The number of hydrogen-bond donors (Lipinski definition) is 2. The molecular weight excluding hydrogens is 470 g/mol. The molecule has 3 aromatic rings. The maximum atomic E-state index is 13.1. The molecule has 10 nitrogen and oxygen atoms in total. The van der Waals surface area contributed by atoms with E-state index in [4.69, 9.17) is 0 Å². The average Bonchev–Trinajstić information content (AvgIpc) is 3.06. The zero-order valence-corrected chi connectivity index (χ0v) is 20.3. The second-order valence-electron chi connectivity index (χ2n) is 8.51. The maximum Gasteiger partial charge on any atom is 0.296 e. The van der Waals surface area contributed by atoms with Crippen LogP contribution in [0.2, 0.25) is 0 Å². The summed E-state index contributed by atoms with van der Waals surface area (Å²) in [6.45, 7) is 2.17. The van der Waals surface area contributed by atoms with Gasteiger partial charge < -0.3 is 5.32 Å². The summed E-state index contributed by atoms with van der Waals surface area (Å²) in [6, 6.07) is 12.5. The highest BCUT2D eigenvalue weighted by molar-refractivity contribution is 7.92. The van der Waals surface area contributed by atoms with Crippen molar-refractivity contribution in [3.63, 3.8) is 0 Å². The van der Waals surface area contributed by atoms with Gasteiger partial charge in [0.25, 0.3) is 21.3 Å². The van der Waals surface area contributed by atoms with Gasteiger partial charge in [-0.3, -0.25) is 24.3 Å². The van der Waals surface area contributed by atoms with E-state index in [1.165, 1.54) is 16.8 Å². The third-order valence-electron chi connectivity index (χ3n) is 6.23. The van der Waals surface area contributed by atoms with Gasteiger partial charge in [0.15, 0.2) is 0 Å². The molecular formula is C24H27N5O5S. The number of rotatable bonds is 8. The van der Waals surface area contributed by atoms with Gasteiger partial charge in [-0.2, -0.15) is 0 Å². The van der Waals surface area contributed by atoms with E-state index in [1.54, 1.807) is 42.9 Å². The normalized spacial score (nSPS) is 15.7. The number of nitrogens with one attached hydrogen (secondary N) is 2. The van der Waals surface area contributed by atoms with Crippen molar-refractivity contribution in [3.05, 3.63) is 86.8 Å². The number of anilines is 2. The van der Waals surface area contributed by atoms with Gasteiger partial charge in [0, 0.05) is 19.7 Å². The molecule has 1 heterocycles. The van der Waals surface area contributed by atoms with E-state index in [-0.39, 0.29) is 22.0 Å². The largest absolute Gasteiger partial charge is 0.379 e. The summed E-state index contributed by atoms with van der Waals surface area (Å²) in [7, 11) is -2.62. The quantitative estimate of drug-likeness (QED) is 0.275. The van der Waals surface area contributed by atoms with Gasteiger partial charge in [0.05, 0.1) is 21.2 Å². The van der Waals surface area contributed by atoms with Gasteiger partial charge in [-0.15, -0.1) is 0 Å². The van der Waals surface area contributed by atoms with E-state index in [1.807, 2.05) is 6.07 Å². The summed E-state index contributed by atoms with van der Waals surface area (Å²) in [5.41, 5.74) is 0.224. The highest BCUT2D eigenvalue weighted by Crippen LogP contribution is 2.30. The molecule has 0 amide bonds. The Morgan fingerprint density at radius 3 is 2.54 bits per heavy atom. The van der Waals surface area contributed by atoms with Crippen LogP contribution in [0.5, 0.6) is 0 Å². The van der Waals surface area contributed by atoms with E-state index in [0.29, 0.717) is 23.8 Å². The van der Waals surface area contributed by atoms with Crippen LogP contribution in [0.3, 0.4) is 0 Å². The molecule has 0 radical (unpaired) electrons. The van der Waals surface area contributed by atoms with Gasteiger partial charge in [-0.05, 0) is 56.4 Å². The minimum atomic E-state index is -4.27. The Morgan fingerprint density at radius 1 is 1.14 bits per heavy atom. The first kappa shape index (κ1) is 24.3. The van der Waals surface area contributed by atoms with Crippen molar-refractivity contribution >= 4 is 27.1 Å². The molecule has 0 bridgehead atoms. The van der Waals surface area contributed by atoms with Crippen LogP contribution in [0.1, 0.15) is 25.0 Å². The van der Waals surface area contributed by atoms with Gasteiger partial charge >= 0.3 is 0 Å². The maximum absolute atomic E-state index is 13.1. The fraction of sp³-hybridized carbons (Fsp3) is 0.292. The smallest absolute Gasteiger partial charge is 0.296 e. The lowest BCUT2D eigenvalue weighted by atomic mass is 9.94. The molecule has 0 fully saturated rings. The second kappa shape index (κ2) is 9.79. The van der Waals surface area contributed by atoms with Crippen molar-refractivity contribution in [2.24, 2.45) is 13.0 Å². The van der Waals surface area contributed by atoms with Crippen molar-refractivity contribution in [1.82, 2.24) is 9.36 Å². The van der Waals surface area contributed by atoms with Gasteiger partial charge in [-0.1, -0.05) is 30.4 Å². The number of sulfonamides is 1. The monoisotopic (exact) mass is 497 g/mol. The minimum Gasteiger partial charge on any atom is -0.379 e. The third kappa shape index (κ3) is 4.99. The molecule has 0 aliphatic heterocycles. The van der Waals surface area contributed by atoms with Crippen LogP contribution in [-0.2, 0) is 17.1 Å². The zero-order valence-electron chi connectivity index (χ0n) is 19.5. The number of para-hydroxylation sites is 1. The van der Waals surface area contributed by atoms with Crippen LogP contribution in [0, 0.1) is 23.0 Å². The Hall–Kier alpha value is -3.86. The molecule has 1 unspecified atom stereocenters. The molecule has 35 heavy (non-hydrogen) atoms. The molecule has 0 spiro atoms. The number of aromatic nitrogens is 2. The van der Waals surface area contributed by atoms with Crippen molar-refractivity contribution in [2.75, 3.05) is 16.6 Å². The van der Waals surface area contributed by atoms with Crippen LogP contribution in [0.15, 0.2) is 70.4 Å².